The molecule has 3 heteroatoms. The van der Waals surface area contributed by atoms with Gasteiger partial charge in [-0.2, -0.15) is 0 Å². The van der Waals surface area contributed by atoms with Crippen LogP contribution >= 0.6 is 0 Å². The molecule has 0 bridgehead atoms. The van der Waals surface area contributed by atoms with E-state index in [9.17, 15) is 4.39 Å². The summed E-state index contributed by atoms with van der Waals surface area (Å²) in [4.78, 5) is 0. The fourth-order valence-electron chi connectivity index (χ4n) is 1.43. The van der Waals surface area contributed by atoms with Gasteiger partial charge in [0.1, 0.15) is 12.6 Å². The van der Waals surface area contributed by atoms with Gasteiger partial charge in [0.2, 0.25) is 0 Å². The third-order valence-corrected chi connectivity index (χ3v) is 2.10. The summed E-state index contributed by atoms with van der Waals surface area (Å²) in [6.45, 7) is 0.988. The summed E-state index contributed by atoms with van der Waals surface area (Å²) in [6.07, 6.45) is 0.785. The quantitative estimate of drug-likeness (QED) is 0.663. The van der Waals surface area contributed by atoms with Gasteiger partial charge in [0.15, 0.2) is 0 Å². The molecule has 0 aliphatic carbocycles. The third-order valence-electron chi connectivity index (χ3n) is 2.10. The smallest absolute Gasteiger partial charge is 0.147 e. The number of hydrogen-bond acceptors (Lipinski definition) is 2. The second-order valence-electron chi connectivity index (χ2n) is 3.03. The van der Waals surface area contributed by atoms with E-state index >= 15 is 0 Å². The Hall–Kier alpha value is -0.930. The lowest BCUT2D eigenvalue weighted by Crippen LogP contribution is -2.17. The first-order valence-corrected chi connectivity index (χ1v) is 4.31. The second-order valence-corrected chi connectivity index (χ2v) is 3.03. The lowest BCUT2D eigenvalue weighted by Gasteiger charge is -2.22. The zero-order chi connectivity index (χ0) is 9.10. The molecule has 0 aromatic heterocycles. The summed E-state index contributed by atoms with van der Waals surface area (Å²) in [7, 11) is 0. The van der Waals surface area contributed by atoms with Gasteiger partial charge in [-0.1, -0.05) is 12.1 Å². The first kappa shape index (κ1) is 8.66. The van der Waals surface area contributed by atoms with Gasteiger partial charge in [-0.05, 0) is 17.7 Å². The van der Waals surface area contributed by atoms with Gasteiger partial charge < -0.3 is 9.47 Å². The minimum atomic E-state index is -0.215. The molecule has 2 nitrogen and oxygen atoms in total. The number of rotatable bonds is 1. The standard InChI is InChI=1S/C10H11FO2/c11-9-3-1-2-8(6-9)10-4-5-12-7-13-10/h1-3,6,10H,4-5,7H2/t10-/m1/s1. The predicted octanol–water partition coefficient (Wildman–Crippen LogP) is 2.26. The van der Waals surface area contributed by atoms with E-state index in [1.54, 1.807) is 6.07 Å². The van der Waals surface area contributed by atoms with Gasteiger partial charge >= 0.3 is 0 Å². The maximum absolute atomic E-state index is 12.8. The van der Waals surface area contributed by atoms with E-state index in [4.69, 9.17) is 9.47 Å². The molecule has 1 heterocycles. The summed E-state index contributed by atoms with van der Waals surface area (Å²) in [6, 6.07) is 6.52. The van der Waals surface area contributed by atoms with Crippen LogP contribution in [0.4, 0.5) is 4.39 Å². The predicted molar refractivity (Wildman–Crippen MR) is 45.7 cm³/mol. The summed E-state index contributed by atoms with van der Waals surface area (Å²) in [5.41, 5.74) is 0.892. The molecule has 1 aromatic carbocycles. The maximum atomic E-state index is 12.8. The fraction of sp³-hybridized carbons (Fsp3) is 0.400. The van der Waals surface area contributed by atoms with Crippen LogP contribution in [0.3, 0.4) is 0 Å². The summed E-state index contributed by atoms with van der Waals surface area (Å²) in [5, 5.41) is 0. The molecule has 0 saturated carbocycles. The zero-order valence-electron chi connectivity index (χ0n) is 7.20. The largest absolute Gasteiger partial charge is 0.355 e. The van der Waals surface area contributed by atoms with Crippen molar-refractivity contribution in [2.45, 2.75) is 12.5 Å². The highest BCUT2D eigenvalue weighted by Gasteiger charge is 2.16. The normalized spacial score (nSPS) is 23.0. The number of hydrogen-bond donors (Lipinski definition) is 0. The number of halogens is 1. The Morgan fingerprint density at radius 3 is 3.00 bits per heavy atom. The van der Waals surface area contributed by atoms with E-state index in [-0.39, 0.29) is 11.9 Å². The van der Waals surface area contributed by atoms with E-state index in [0.717, 1.165) is 12.0 Å². The molecular weight excluding hydrogens is 171 g/mol. The van der Waals surface area contributed by atoms with Crippen molar-refractivity contribution in [1.82, 2.24) is 0 Å². The Kier molecular flexibility index (Phi) is 2.57. The molecule has 1 aliphatic rings. The SMILES string of the molecule is Fc1cccc([C@H]2CCOCO2)c1. The van der Waals surface area contributed by atoms with Gasteiger partial charge in [0.25, 0.3) is 0 Å². The van der Waals surface area contributed by atoms with Crippen molar-refractivity contribution >= 4 is 0 Å². The van der Waals surface area contributed by atoms with Gasteiger partial charge in [-0.3, -0.25) is 0 Å². The van der Waals surface area contributed by atoms with Gasteiger partial charge in [0.05, 0.1) is 12.7 Å². The molecule has 70 valence electrons. The first-order valence-electron chi connectivity index (χ1n) is 4.31. The molecule has 0 unspecified atom stereocenters. The Balaban J connectivity index is 2.14. The molecule has 13 heavy (non-hydrogen) atoms. The lowest BCUT2D eigenvalue weighted by atomic mass is 10.1. The van der Waals surface area contributed by atoms with E-state index in [2.05, 4.69) is 0 Å². The first-order chi connectivity index (χ1) is 6.36. The van der Waals surface area contributed by atoms with E-state index in [0.29, 0.717) is 13.4 Å². The van der Waals surface area contributed by atoms with Crippen molar-refractivity contribution in [2.24, 2.45) is 0 Å². The highest BCUT2D eigenvalue weighted by molar-refractivity contribution is 5.19. The Morgan fingerprint density at radius 2 is 2.31 bits per heavy atom. The Labute approximate surface area is 76.3 Å². The van der Waals surface area contributed by atoms with Crippen molar-refractivity contribution in [2.75, 3.05) is 13.4 Å². The molecule has 0 radical (unpaired) electrons. The molecule has 0 amide bonds. The van der Waals surface area contributed by atoms with Crippen molar-refractivity contribution in [3.63, 3.8) is 0 Å². The molecule has 1 fully saturated rings. The molecule has 1 atom stereocenters. The van der Waals surface area contributed by atoms with E-state index < -0.39 is 0 Å². The van der Waals surface area contributed by atoms with E-state index in [1.807, 2.05) is 6.07 Å². The fourth-order valence-corrected chi connectivity index (χ4v) is 1.43. The zero-order valence-corrected chi connectivity index (χ0v) is 7.20. The van der Waals surface area contributed by atoms with Crippen molar-refractivity contribution in [1.29, 1.82) is 0 Å². The summed E-state index contributed by atoms with van der Waals surface area (Å²) in [5.74, 6) is -0.215. The van der Waals surface area contributed by atoms with Gasteiger partial charge in [-0.25, -0.2) is 4.39 Å². The highest BCUT2D eigenvalue weighted by Crippen LogP contribution is 2.24. The van der Waals surface area contributed by atoms with Gasteiger partial charge in [0, 0.05) is 6.42 Å². The molecule has 2 rings (SSSR count). The number of ether oxygens (including phenoxy) is 2. The molecule has 1 aliphatic heterocycles. The van der Waals surface area contributed by atoms with Crippen LogP contribution in [0.2, 0.25) is 0 Å². The summed E-state index contributed by atoms with van der Waals surface area (Å²) >= 11 is 0. The highest BCUT2D eigenvalue weighted by atomic mass is 19.1. The number of benzene rings is 1. The van der Waals surface area contributed by atoms with Crippen LogP contribution in [0.1, 0.15) is 18.1 Å². The second kappa shape index (κ2) is 3.85. The van der Waals surface area contributed by atoms with Crippen LogP contribution in [0.15, 0.2) is 24.3 Å². The monoisotopic (exact) mass is 182 g/mol. The van der Waals surface area contributed by atoms with Crippen LogP contribution in [-0.4, -0.2) is 13.4 Å². The van der Waals surface area contributed by atoms with Crippen LogP contribution in [0.5, 0.6) is 0 Å². The molecule has 1 saturated heterocycles. The molecule has 1 aromatic rings. The lowest BCUT2D eigenvalue weighted by molar-refractivity contribution is -0.141. The van der Waals surface area contributed by atoms with Crippen molar-refractivity contribution in [3.05, 3.63) is 35.6 Å². The van der Waals surface area contributed by atoms with Crippen LogP contribution in [0, 0.1) is 5.82 Å². The van der Waals surface area contributed by atoms with Crippen LogP contribution in [-0.2, 0) is 9.47 Å². The van der Waals surface area contributed by atoms with Crippen LogP contribution < -0.4 is 0 Å². The topological polar surface area (TPSA) is 18.5 Å². The average molecular weight is 182 g/mol. The Bertz CT molecular complexity index is 282. The van der Waals surface area contributed by atoms with Crippen molar-refractivity contribution in [3.8, 4) is 0 Å². The third kappa shape index (κ3) is 2.05. The average Bonchev–Trinajstić information content (AvgIpc) is 2.19. The Morgan fingerprint density at radius 1 is 1.38 bits per heavy atom. The molecule has 0 spiro atoms. The minimum absolute atomic E-state index is 0.00977. The van der Waals surface area contributed by atoms with Crippen LogP contribution in [0.25, 0.3) is 0 Å². The van der Waals surface area contributed by atoms with Crippen molar-refractivity contribution < 1.29 is 13.9 Å². The summed E-state index contributed by atoms with van der Waals surface area (Å²) < 4.78 is 23.2. The van der Waals surface area contributed by atoms with E-state index in [1.165, 1.54) is 12.1 Å². The molecular formula is C10H11FO2. The maximum Gasteiger partial charge on any atom is 0.147 e. The molecule has 0 N–H and O–H groups in total. The minimum Gasteiger partial charge on any atom is -0.355 e. The van der Waals surface area contributed by atoms with Gasteiger partial charge in [-0.15, -0.1) is 0 Å².